The normalized spacial score (nSPS) is 21.9. The molecule has 1 aliphatic carbocycles. The largest absolute Gasteiger partial charge is 0.497 e. The number of nitrogens with one attached hydrogen (secondary N) is 1. The summed E-state index contributed by atoms with van der Waals surface area (Å²) in [7, 11) is 1.74. The van der Waals surface area contributed by atoms with Crippen LogP contribution in [0.3, 0.4) is 0 Å². The van der Waals surface area contributed by atoms with Crippen LogP contribution in [-0.2, 0) is 6.42 Å². The molecule has 0 spiro atoms. The van der Waals surface area contributed by atoms with Crippen LogP contribution in [0, 0.1) is 0 Å². The number of benzene rings is 1. The number of likely N-dealkylation sites (N-methyl/N-ethyl adjacent to an activating group) is 2. The van der Waals surface area contributed by atoms with E-state index in [9.17, 15) is 0 Å². The second kappa shape index (κ2) is 7.09. The van der Waals surface area contributed by atoms with Crippen molar-refractivity contribution in [3.05, 3.63) is 29.3 Å². The molecule has 112 valence electrons. The van der Waals surface area contributed by atoms with Gasteiger partial charge in [-0.15, -0.1) is 0 Å². The number of methoxy groups -OCH3 is 1. The standard InChI is InChI=1S/C17H28N2O/c1-5-18-17-15-12-14(20-4)10-8-13(15)9-11-16(17)19(6-2)7-3/h8,10,12,16-18H,5-7,9,11H2,1-4H3. The molecule has 0 aromatic heterocycles. The lowest BCUT2D eigenvalue weighted by Gasteiger charge is -2.40. The summed E-state index contributed by atoms with van der Waals surface area (Å²) in [6, 6.07) is 7.54. The molecule has 0 heterocycles. The first kappa shape index (κ1) is 15.3. The molecule has 0 radical (unpaired) electrons. The molecule has 1 aliphatic rings. The van der Waals surface area contributed by atoms with Gasteiger partial charge in [0.1, 0.15) is 5.75 Å². The molecule has 0 aliphatic heterocycles. The minimum absolute atomic E-state index is 0.416. The lowest BCUT2D eigenvalue weighted by molar-refractivity contribution is 0.155. The van der Waals surface area contributed by atoms with Crippen LogP contribution in [-0.4, -0.2) is 37.7 Å². The van der Waals surface area contributed by atoms with E-state index in [0.29, 0.717) is 12.1 Å². The highest BCUT2D eigenvalue weighted by molar-refractivity contribution is 5.40. The Kier molecular flexibility index (Phi) is 5.44. The Morgan fingerprint density at radius 3 is 2.60 bits per heavy atom. The molecule has 0 amide bonds. The molecule has 0 bridgehead atoms. The first-order valence-corrected chi connectivity index (χ1v) is 7.89. The van der Waals surface area contributed by atoms with E-state index in [-0.39, 0.29) is 0 Å². The van der Waals surface area contributed by atoms with Crippen LogP contribution >= 0.6 is 0 Å². The van der Waals surface area contributed by atoms with E-state index in [1.54, 1.807) is 7.11 Å². The second-order valence-corrected chi connectivity index (χ2v) is 5.43. The third-order valence-corrected chi connectivity index (χ3v) is 4.49. The van der Waals surface area contributed by atoms with Crippen LogP contribution in [0.25, 0.3) is 0 Å². The fourth-order valence-corrected chi connectivity index (χ4v) is 3.45. The van der Waals surface area contributed by atoms with E-state index in [0.717, 1.165) is 25.4 Å². The highest BCUT2D eigenvalue weighted by Crippen LogP contribution is 2.35. The Labute approximate surface area is 123 Å². The summed E-state index contributed by atoms with van der Waals surface area (Å²) >= 11 is 0. The topological polar surface area (TPSA) is 24.5 Å². The fraction of sp³-hybridized carbons (Fsp3) is 0.647. The van der Waals surface area contributed by atoms with E-state index in [1.165, 1.54) is 24.0 Å². The molecule has 0 saturated heterocycles. The summed E-state index contributed by atoms with van der Waals surface area (Å²) in [5.41, 5.74) is 2.90. The summed E-state index contributed by atoms with van der Waals surface area (Å²) < 4.78 is 5.41. The van der Waals surface area contributed by atoms with Gasteiger partial charge in [0.15, 0.2) is 0 Å². The zero-order chi connectivity index (χ0) is 14.5. The quantitative estimate of drug-likeness (QED) is 0.864. The van der Waals surface area contributed by atoms with Gasteiger partial charge in [-0.2, -0.15) is 0 Å². The number of aryl methyl sites for hydroxylation is 1. The monoisotopic (exact) mass is 276 g/mol. The molecule has 1 aromatic carbocycles. The Morgan fingerprint density at radius 1 is 1.25 bits per heavy atom. The number of hydrogen-bond donors (Lipinski definition) is 1. The van der Waals surface area contributed by atoms with E-state index < -0.39 is 0 Å². The highest BCUT2D eigenvalue weighted by Gasteiger charge is 2.32. The first-order valence-electron chi connectivity index (χ1n) is 7.89. The van der Waals surface area contributed by atoms with E-state index in [4.69, 9.17) is 4.74 Å². The highest BCUT2D eigenvalue weighted by atomic mass is 16.5. The van der Waals surface area contributed by atoms with Crippen molar-refractivity contribution in [3.63, 3.8) is 0 Å². The molecule has 0 saturated carbocycles. The third-order valence-electron chi connectivity index (χ3n) is 4.49. The van der Waals surface area contributed by atoms with Crippen LogP contribution < -0.4 is 10.1 Å². The van der Waals surface area contributed by atoms with Gasteiger partial charge in [-0.3, -0.25) is 4.90 Å². The predicted octanol–water partition coefficient (Wildman–Crippen LogP) is 3.00. The number of ether oxygens (including phenoxy) is 1. The minimum Gasteiger partial charge on any atom is -0.497 e. The van der Waals surface area contributed by atoms with Crippen molar-refractivity contribution in [2.75, 3.05) is 26.7 Å². The molecule has 1 N–H and O–H groups in total. The van der Waals surface area contributed by atoms with Crippen LogP contribution in [0.4, 0.5) is 0 Å². The summed E-state index contributed by atoms with van der Waals surface area (Å²) in [6.07, 6.45) is 2.40. The SMILES string of the molecule is CCNC1c2cc(OC)ccc2CCC1N(CC)CC. The maximum absolute atomic E-state index is 5.41. The van der Waals surface area contributed by atoms with Crippen molar-refractivity contribution < 1.29 is 4.74 Å². The number of rotatable bonds is 6. The molecular weight excluding hydrogens is 248 g/mol. The maximum atomic E-state index is 5.41. The Hall–Kier alpha value is -1.06. The van der Waals surface area contributed by atoms with Gasteiger partial charge in [0, 0.05) is 12.1 Å². The maximum Gasteiger partial charge on any atom is 0.119 e. The molecule has 20 heavy (non-hydrogen) atoms. The lowest BCUT2D eigenvalue weighted by Crippen LogP contribution is -2.47. The molecular formula is C17H28N2O. The van der Waals surface area contributed by atoms with Crippen molar-refractivity contribution in [2.24, 2.45) is 0 Å². The van der Waals surface area contributed by atoms with Crippen LogP contribution in [0.1, 0.15) is 44.4 Å². The zero-order valence-corrected chi connectivity index (χ0v) is 13.3. The fourth-order valence-electron chi connectivity index (χ4n) is 3.45. The average molecular weight is 276 g/mol. The van der Waals surface area contributed by atoms with E-state index in [2.05, 4.69) is 49.2 Å². The number of nitrogens with zero attached hydrogens (tertiary/aromatic N) is 1. The summed E-state index contributed by atoms with van der Waals surface area (Å²) in [5, 5.41) is 3.69. The van der Waals surface area contributed by atoms with Gasteiger partial charge in [-0.05, 0) is 55.7 Å². The second-order valence-electron chi connectivity index (χ2n) is 5.43. The Bertz CT molecular complexity index is 429. The van der Waals surface area contributed by atoms with Gasteiger partial charge in [-0.25, -0.2) is 0 Å². The summed E-state index contributed by atoms with van der Waals surface area (Å²) in [4.78, 5) is 2.58. The van der Waals surface area contributed by atoms with Gasteiger partial charge in [0.25, 0.3) is 0 Å². The number of hydrogen-bond acceptors (Lipinski definition) is 3. The Balaban J connectivity index is 2.35. The Morgan fingerprint density at radius 2 is 2.00 bits per heavy atom. The van der Waals surface area contributed by atoms with Crippen molar-refractivity contribution in [3.8, 4) is 5.75 Å². The van der Waals surface area contributed by atoms with Gasteiger partial charge < -0.3 is 10.1 Å². The molecule has 3 heteroatoms. The number of fused-ring (bicyclic) bond motifs is 1. The molecule has 2 unspecified atom stereocenters. The van der Waals surface area contributed by atoms with Gasteiger partial charge >= 0.3 is 0 Å². The molecule has 2 rings (SSSR count). The van der Waals surface area contributed by atoms with Crippen LogP contribution in [0.15, 0.2) is 18.2 Å². The van der Waals surface area contributed by atoms with E-state index in [1.807, 2.05) is 0 Å². The van der Waals surface area contributed by atoms with Crippen molar-refractivity contribution in [2.45, 2.75) is 45.7 Å². The van der Waals surface area contributed by atoms with Crippen molar-refractivity contribution >= 4 is 0 Å². The van der Waals surface area contributed by atoms with Crippen molar-refractivity contribution in [1.82, 2.24) is 10.2 Å². The molecule has 2 atom stereocenters. The zero-order valence-electron chi connectivity index (χ0n) is 13.3. The smallest absolute Gasteiger partial charge is 0.119 e. The van der Waals surface area contributed by atoms with Gasteiger partial charge in [0.05, 0.1) is 7.11 Å². The third kappa shape index (κ3) is 2.99. The predicted molar refractivity (Wildman–Crippen MR) is 84.4 cm³/mol. The molecule has 1 aromatic rings. The minimum atomic E-state index is 0.416. The van der Waals surface area contributed by atoms with Crippen LogP contribution in [0.5, 0.6) is 5.75 Å². The van der Waals surface area contributed by atoms with Gasteiger partial charge in [0.2, 0.25) is 0 Å². The molecule has 3 nitrogen and oxygen atoms in total. The average Bonchev–Trinajstić information content (AvgIpc) is 2.50. The summed E-state index contributed by atoms with van der Waals surface area (Å²) in [5.74, 6) is 0.965. The summed E-state index contributed by atoms with van der Waals surface area (Å²) in [6.45, 7) is 9.93. The molecule has 0 fully saturated rings. The van der Waals surface area contributed by atoms with Gasteiger partial charge in [-0.1, -0.05) is 26.8 Å². The lowest BCUT2D eigenvalue weighted by atomic mass is 9.83. The first-order chi connectivity index (χ1) is 9.74. The van der Waals surface area contributed by atoms with Crippen molar-refractivity contribution in [1.29, 1.82) is 0 Å². The van der Waals surface area contributed by atoms with E-state index >= 15 is 0 Å². The van der Waals surface area contributed by atoms with Crippen LogP contribution in [0.2, 0.25) is 0 Å².